The van der Waals surface area contributed by atoms with Crippen LogP contribution in [0.4, 0.5) is 0 Å². The van der Waals surface area contributed by atoms with E-state index in [0.29, 0.717) is 16.4 Å². The number of benzene rings is 1. The minimum absolute atomic E-state index is 0.0697. The molecule has 118 valence electrons. The van der Waals surface area contributed by atoms with Crippen molar-refractivity contribution in [2.75, 3.05) is 7.05 Å². The summed E-state index contributed by atoms with van der Waals surface area (Å²) in [6.07, 6.45) is 2.62. The van der Waals surface area contributed by atoms with E-state index in [4.69, 9.17) is 21.9 Å². The van der Waals surface area contributed by atoms with Crippen LogP contribution in [0.1, 0.15) is 25.1 Å². The Morgan fingerprint density at radius 1 is 1.41 bits per heavy atom. The smallest absolute Gasteiger partial charge is 0.259 e. The minimum atomic E-state index is -3.58. The molecule has 3 rings (SSSR count). The van der Waals surface area contributed by atoms with Crippen LogP contribution in [-0.4, -0.2) is 25.6 Å². The molecule has 0 saturated heterocycles. The van der Waals surface area contributed by atoms with Gasteiger partial charge in [0.15, 0.2) is 5.82 Å². The molecule has 0 amide bonds. The number of halogens is 1. The number of nitrogens with two attached hydrogens (primary N) is 1. The van der Waals surface area contributed by atoms with Crippen LogP contribution in [-0.2, 0) is 15.6 Å². The number of aromatic nitrogens is 2. The van der Waals surface area contributed by atoms with E-state index in [2.05, 4.69) is 14.9 Å². The van der Waals surface area contributed by atoms with Crippen molar-refractivity contribution < 1.29 is 12.9 Å². The van der Waals surface area contributed by atoms with E-state index in [1.54, 1.807) is 0 Å². The van der Waals surface area contributed by atoms with Gasteiger partial charge in [-0.1, -0.05) is 16.8 Å². The number of hydrogen-bond donors (Lipinski definition) is 2. The molecular formula is C13H15ClN4O3S. The van der Waals surface area contributed by atoms with E-state index in [1.165, 1.54) is 25.2 Å². The van der Waals surface area contributed by atoms with Gasteiger partial charge < -0.3 is 10.3 Å². The molecule has 1 aliphatic carbocycles. The summed E-state index contributed by atoms with van der Waals surface area (Å²) in [4.78, 5) is 4.35. The predicted molar refractivity (Wildman–Crippen MR) is 80.7 cm³/mol. The third-order valence-electron chi connectivity index (χ3n) is 3.86. The molecule has 1 fully saturated rings. The predicted octanol–water partition coefficient (Wildman–Crippen LogP) is 1.64. The maximum atomic E-state index is 11.9. The van der Waals surface area contributed by atoms with Gasteiger partial charge in [-0.2, -0.15) is 4.98 Å². The van der Waals surface area contributed by atoms with Crippen molar-refractivity contribution in [3.8, 4) is 11.5 Å². The number of sulfonamides is 1. The van der Waals surface area contributed by atoms with Crippen LogP contribution in [0.25, 0.3) is 11.5 Å². The highest BCUT2D eigenvalue weighted by Crippen LogP contribution is 2.38. The van der Waals surface area contributed by atoms with Crippen molar-refractivity contribution in [1.82, 2.24) is 14.9 Å². The maximum absolute atomic E-state index is 11.9. The van der Waals surface area contributed by atoms with Gasteiger partial charge in [0.1, 0.15) is 0 Å². The molecule has 0 bridgehead atoms. The lowest BCUT2D eigenvalue weighted by atomic mass is 9.77. The summed E-state index contributed by atoms with van der Waals surface area (Å²) in [5.74, 6) is 0.580. The molecule has 0 radical (unpaired) electrons. The second kappa shape index (κ2) is 5.31. The highest BCUT2D eigenvalue weighted by atomic mass is 35.5. The summed E-state index contributed by atoms with van der Waals surface area (Å²) >= 11 is 6.12. The highest BCUT2D eigenvalue weighted by molar-refractivity contribution is 7.89. The first-order valence-electron chi connectivity index (χ1n) is 6.72. The summed E-state index contributed by atoms with van der Waals surface area (Å²) < 4.78 is 31.2. The zero-order valence-electron chi connectivity index (χ0n) is 11.8. The number of nitrogens with one attached hydrogen (secondary N) is 1. The van der Waals surface area contributed by atoms with Crippen LogP contribution in [0.2, 0.25) is 5.02 Å². The fourth-order valence-corrected chi connectivity index (χ4v) is 3.22. The topological polar surface area (TPSA) is 111 Å². The molecule has 7 nitrogen and oxygen atoms in total. The van der Waals surface area contributed by atoms with Crippen molar-refractivity contribution in [2.24, 2.45) is 5.73 Å². The number of hydrogen-bond acceptors (Lipinski definition) is 6. The molecule has 0 atom stereocenters. The van der Waals surface area contributed by atoms with Gasteiger partial charge in [0.2, 0.25) is 10.0 Å². The SMILES string of the molecule is CNS(=O)(=O)c1ccc(Cl)c(-c2nc(C3(N)CCC3)no2)c1. The lowest BCUT2D eigenvalue weighted by Gasteiger charge is -2.34. The van der Waals surface area contributed by atoms with Gasteiger partial charge >= 0.3 is 0 Å². The van der Waals surface area contributed by atoms with Crippen LogP contribution in [0.3, 0.4) is 0 Å². The quantitative estimate of drug-likeness (QED) is 0.873. The third-order valence-corrected chi connectivity index (χ3v) is 5.61. The Labute approximate surface area is 132 Å². The largest absolute Gasteiger partial charge is 0.334 e. The summed E-state index contributed by atoms with van der Waals surface area (Å²) in [6, 6.07) is 4.28. The van der Waals surface area contributed by atoms with Crippen molar-refractivity contribution in [1.29, 1.82) is 0 Å². The van der Waals surface area contributed by atoms with Gasteiger partial charge in [0.25, 0.3) is 5.89 Å². The molecule has 1 aromatic carbocycles. The van der Waals surface area contributed by atoms with Gasteiger partial charge in [-0.05, 0) is 44.5 Å². The zero-order chi connectivity index (χ0) is 16.0. The standard InChI is InChI=1S/C13H15ClN4O3S/c1-16-22(19,20)8-3-4-10(14)9(7-8)11-17-12(18-21-11)13(15)5-2-6-13/h3-4,7,16H,2,5-6,15H2,1H3. The van der Waals surface area contributed by atoms with Crippen LogP contribution >= 0.6 is 11.6 Å². The van der Waals surface area contributed by atoms with Crippen LogP contribution in [0, 0.1) is 0 Å². The minimum Gasteiger partial charge on any atom is -0.334 e. The van der Waals surface area contributed by atoms with Crippen LogP contribution < -0.4 is 10.5 Å². The fourth-order valence-electron chi connectivity index (χ4n) is 2.27. The first kappa shape index (κ1) is 15.4. The van der Waals surface area contributed by atoms with Crippen molar-refractivity contribution in [3.05, 3.63) is 29.0 Å². The molecule has 1 aromatic heterocycles. The lowest BCUT2D eigenvalue weighted by Crippen LogP contribution is -2.44. The molecule has 22 heavy (non-hydrogen) atoms. The van der Waals surface area contributed by atoms with Crippen LogP contribution in [0.15, 0.2) is 27.6 Å². The first-order valence-corrected chi connectivity index (χ1v) is 8.58. The third kappa shape index (κ3) is 2.52. The second-order valence-electron chi connectivity index (χ2n) is 5.28. The fraction of sp³-hybridized carbons (Fsp3) is 0.385. The summed E-state index contributed by atoms with van der Waals surface area (Å²) in [7, 11) is -2.25. The van der Waals surface area contributed by atoms with Gasteiger partial charge in [-0.3, -0.25) is 0 Å². The second-order valence-corrected chi connectivity index (χ2v) is 7.58. The van der Waals surface area contributed by atoms with Gasteiger partial charge in [0, 0.05) is 0 Å². The van der Waals surface area contributed by atoms with E-state index < -0.39 is 15.6 Å². The molecule has 3 N–H and O–H groups in total. The molecule has 0 unspecified atom stereocenters. The molecule has 1 heterocycles. The summed E-state index contributed by atoms with van der Waals surface area (Å²) in [5.41, 5.74) is 5.96. The molecule has 1 aliphatic rings. The van der Waals surface area contributed by atoms with E-state index >= 15 is 0 Å². The first-order chi connectivity index (χ1) is 10.4. The van der Waals surface area contributed by atoms with Gasteiger partial charge in [0.05, 0.1) is 21.0 Å². The van der Waals surface area contributed by atoms with Crippen molar-refractivity contribution >= 4 is 21.6 Å². The average molecular weight is 343 g/mol. The molecule has 1 saturated carbocycles. The number of rotatable bonds is 4. The Morgan fingerprint density at radius 3 is 2.73 bits per heavy atom. The van der Waals surface area contributed by atoms with E-state index in [0.717, 1.165) is 19.3 Å². The monoisotopic (exact) mass is 342 g/mol. The van der Waals surface area contributed by atoms with Gasteiger partial charge in [-0.15, -0.1) is 0 Å². The Morgan fingerprint density at radius 2 is 2.14 bits per heavy atom. The Bertz CT molecular complexity index is 814. The molecule has 0 aliphatic heterocycles. The van der Waals surface area contributed by atoms with E-state index in [1.807, 2.05) is 0 Å². The molecule has 0 spiro atoms. The Hall–Kier alpha value is -1.48. The summed E-state index contributed by atoms with van der Waals surface area (Å²) in [6.45, 7) is 0. The average Bonchev–Trinajstić information content (AvgIpc) is 2.95. The van der Waals surface area contributed by atoms with Crippen LogP contribution in [0.5, 0.6) is 0 Å². The van der Waals surface area contributed by atoms with Gasteiger partial charge in [-0.25, -0.2) is 13.1 Å². The normalized spacial score (nSPS) is 17.2. The maximum Gasteiger partial charge on any atom is 0.259 e. The summed E-state index contributed by atoms with van der Waals surface area (Å²) in [5, 5.41) is 4.23. The molecule has 9 heteroatoms. The Kier molecular flexibility index (Phi) is 3.72. The lowest BCUT2D eigenvalue weighted by molar-refractivity contribution is 0.229. The number of nitrogens with zero attached hydrogens (tertiary/aromatic N) is 2. The Balaban J connectivity index is 2.03. The zero-order valence-corrected chi connectivity index (χ0v) is 13.4. The highest BCUT2D eigenvalue weighted by Gasteiger charge is 2.39. The van der Waals surface area contributed by atoms with E-state index in [9.17, 15) is 8.42 Å². The molecule has 2 aromatic rings. The van der Waals surface area contributed by atoms with Crippen molar-refractivity contribution in [3.63, 3.8) is 0 Å². The molecular weight excluding hydrogens is 328 g/mol. The van der Waals surface area contributed by atoms with E-state index in [-0.39, 0.29) is 10.8 Å². The van der Waals surface area contributed by atoms with Crippen molar-refractivity contribution in [2.45, 2.75) is 29.7 Å².